The number of β-lactam (4-membered cyclic amide) rings is 1. The van der Waals surface area contributed by atoms with Crippen LogP contribution in [-0.2, 0) is 4.79 Å². The van der Waals surface area contributed by atoms with Gasteiger partial charge in [-0.25, -0.2) is 0 Å². The fourth-order valence-corrected chi connectivity index (χ4v) is 2.46. The molecule has 1 saturated heterocycles. The van der Waals surface area contributed by atoms with E-state index in [2.05, 4.69) is 0 Å². The highest BCUT2D eigenvalue weighted by Crippen LogP contribution is 2.39. The van der Waals surface area contributed by atoms with E-state index in [1.54, 1.807) is 12.0 Å². The molecule has 1 aromatic carbocycles. The topological polar surface area (TPSA) is 68.7 Å². The van der Waals surface area contributed by atoms with Gasteiger partial charge in [-0.15, -0.1) is 0 Å². The van der Waals surface area contributed by atoms with E-state index in [4.69, 9.17) is 14.9 Å². The van der Waals surface area contributed by atoms with Crippen LogP contribution in [0.2, 0.25) is 0 Å². The second-order valence-electron chi connectivity index (χ2n) is 4.83. The molecule has 3 rings (SSSR count). The van der Waals surface area contributed by atoms with Gasteiger partial charge in [-0.3, -0.25) is 9.69 Å². The molecule has 1 aliphatic rings. The first-order valence-corrected chi connectivity index (χ1v) is 6.41. The number of anilines is 1. The van der Waals surface area contributed by atoms with E-state index in [0.717, 1.165) is 17.2 Å². The van der Waals surface area contributed by atoms with Crippen LogP contribution in [0.3, 0.4) is 0 Å². The third kappa shape index (κ3) is 1.87. The summed E-state index contributed by atoms with van der Waals surface area (Å²) in [6.45, 7) is 1.87. The summed E-state index contributed by atoms with van der Waals surface area (Å²) in [5.74, 6) is 2.16. The van der Waals surface area contributed by atoms with Gasteiger partial charge in [0.2, 0.25) is 5.91 Å². The molecular formula is C15H16N2O3. The highest BCUT2D eigenvalue weighted by Gasteiger charge is 2.48. The van der Waals surface area contributed by atoms with Crippen LogP contribution in [0.5, 0.6) is 5.75 Å². The molecule has 5 nitrogen and oxygen atoms in total. The Labute approximate surface area is 116 Å². The molecule has 20 heavy (non-hydrogen) atoms. The number of methoxy groups -OCH3 is 1. The fourth-order valence-electron chi connectivity index (χ4n) is 2.46. The number of furan rings is 1. The van der Waals surface area contributed by atoms with Gasteiger partial charge in [0.1, 0.15) is 29.4 Å². The molecule has 2 aromatic rings. The van der Waals surface area contributed by atoms with E-state index < -0.39 is 6.04 Å². The summed E-state index contributed by atoms with van der Waals surface area (Å²) in [5.41, 5.74) is 6.70. The minimum absolute atomic E-state index is 0.103. The van der Waals surface area contributed by atoms with Crippen LogP contribution in [0.25, 0.3) is 0 Å². The molecule has 0 bridgehead atoms. The number of benzene rings is 1. The van der Waals surface area contributed by atoms with E-state index in [9.17, 15) is 4.79 Å². The van der Waals surface area contributed by atoms with Gasteiger partial charge in [-0.1, -0.05) is 0 Å². The Morgan fingerprint density at radius 2 is 1.90 bits per heavy atom. The number of aryl methyl sites for hydroxylation is 1. The molecule has 0 aliphatic carbocycles. The van der Waals surface area contributed by atoms with Crippen LogP contribution in [0, 0.1) is 6.92 Å². The lowest BCUT2D eigenvalue weighted by atomic mass is 9.92. The molecule has 1 aliphatic heterocycles. The normalized spacial score (nSPS) is 21.8. The first-order valence-electron chi connectivity index (χ1n) is 6.41. The highest BCUT2D eigenvalue weighted by molar-refractivity contribution is 6.05. The second kappa shape index (κ2) is 4.68. The summed E-state index contributed by atoms with van der Waals surface area (Å²) in [7, 11) is 1.61. The Bertz CT molecular complexity index is 633. The fraction of sp³-hybridized carbons (Fsp3) is 0.267. The summed E-state index contributed by atoms with van der Waals surface area (Å²) in [4.78, 5) is 13.7. The maximum atomic E-state index is 12.0. The number of hydrogen-bond donors (Lipinski definition) is 1. The van der Waals surface area contributed by atoms with E-state index >= 15 is 0 Å². The number of carbonyl (C=O) groups is 1. The van der Waals surface area contributed by atoms with Gasteiger partial charge in [0.05, 0.1) is 7.11 Å². The molecule has 2 N–H and O–H groups in total. The van der Waals surface area contributed by atoms with E-state index in [1.165, 1.54) is 0 Å². The molecule has 5 heteroatoms. The molecule has 0 spiro atoms. The molecule has 1 amide bonds. The lowest BCUT2D eigenvalue weighted by Crippen LogP contribution is -2.63. The molecule has 0 radical (unpaired) electrons. The maximum Gasteiger partial charge on any atom is 0.247 e. The Hall–Kier alpha value is -2.27. The van der Waals surface area contributed by atoms with Crippen molar-refractivity contribution in [3.05, 3.63) is 47.9 Å². The largest absolute Gasteiger partial charge is 0.497 e. The minimum Gasteiger partial charge on any atom is -0.497 e. The molecule has 2 heterocycles. The first kappa shape index (κ1) is 12.7. The van der Waals surface area contributed by atoms with Gasteiger partial charge >= 0.3 is 0 Å². The van der Waals surface area contributed by atoms with Gasteiger partial charge in [0.25, 0.3) is 0 Å². The monoisotopic (exact) mass is 272 g/mol. The van der Waals surface area contributed by atoms with Crippen LogP contribution >= 0.6 is 0 Å². The lowest BCUT2D eigenvalue weighted by molar-refractivity contribution is -0.126. The van der Waals surface area contributed by atoms with Gasteiger partial charge in [-0.2, -0.15) is 0 Å². The number of hydrogen-bond acceptors (Lipinski definition) is 4. The average molecular weight is 272 g/mol. The van der Waals surface area contributed by atoms with E-state index in [1.807, 2.05) is 43.3 Å². The summed E-state index contributed by atoms with van der Waals surface area (Å²) in [5, 5.41) is 0. The van der Waals surface area contributed by atoms with Crippen molar-refractivity contribution in [3.63, 3.8) is 0 Å². The summed E-state index contributed by atoms with van der Waals surface area (Å²) >= 11 is 0. The van der Waals surface area contributed by atoms with Crippen molar-refractivity contribution >= 4 is 11.6 Å². The molecule has 0 saturated carbocycles. The van der Waals surface area contributed by atoms with Crippen molar-refractivity contribution in [2.24, 2.45) is 5.73 Å². The van der Waals surface area contributed by atoms with Gasteiger partial charge < -0.3 is 14.9 Å². The molecule has 1 fully saturated rings. The van der Waals surface area contributed by atoms with Crippen LogP contribution in [-0.4, -0.2) is 19.1 Å². The predicted molar refractivity (Wildman–Crippen MR) is 74.6 cm³/mol. The zero-order valence-electron chi connectivity index (χ0n) is 11.4. The first-order chi connectivity index (χ1) is 9.61. The molecular weight excluding hydrogens is 256 g/mol. The van der Waals surface area contributed by atoms with Crippen molar-refractivity contribution in [2.45, 2.75) is 19.0 Å². The SMILES string of the molecule is COc1ccc(N2C(=O)[C@H](N)[C@@H]2c2ccc(C)o2)cc1. The zero-order valence-corrected chi connectivity index (χ0v) is 11.4. The van der Waals surface area contributed by atoms with Crippen molar-refractivity contribution in [2.75, 3.05) is 12.0 Å². The number of carbonyl (C=O) groups excluding carboxylic acids is 1. The molecule has 104 valence electrons. The Kier molecular flexibility index (Phi) is 2.99. The summed E-state index contributed by atoms with van der Waals surface area (Å²) in [6.07, 6.45) is 0. The smallest absolute Gasteiger partial charge is 0.247 e. The van der Waals surface area contributed by atoms with Gasteiger partial charge in [0, 0.05) is 5.69 Å². The summed E-state index contributed by atoms with van der Waals surface area (Å²) in [6, 6.07) is 10.2. The van der Waals surface area contributed by atoms with Crippen molar-refractivity contribution in [1.82, 2.24) is 0 Å². The number of nitrogens with zero attached hydrogens (tertiary/aromatic N) is 1. The summed E-state index contributed by atoms with van der Waals surface area (Å²) < 4.78 is 10.7. The Balaban J connectivity index is 1.92. The number of rotatable bonds is 3. The minimum atomic E-state index is -0.553. The third-order valence-corrected chi connectivity index (χ3v) is 3.54. The third-order valence-electron chi connectivity index (χ3n) is 3.54. The number of nitrogens with two attached hydrogens (primary N) is 1. The second-order valence-corrected chi connectivity index (χ2v) is 4.83. The lowest BCUT2D eigenvalue weighted by Gasteiger charge is -2.44. The van der Waals surface area contributed by atoms with Crippen LogP contribution in [0.4, 0.5) is 5.69 Å². The van der Waals surface area contributed by atoms with Crippen molar-refractivity contribution < 1.29 is 13.9 Å². The predicted octanol–water partition coefficient (Wildman–Crippen LogP) is 2.01. The van der Waals surface area contributed by atoms with E-state index in [0.29, 0.717) is 5.76 Å². The Morgan fingerprint density at radius 1 is 1.20 bits per heavy atom. The standard InChI is InChI=1S/C15H16N2O3/c1-9-3-8-12(20-9)14-13(16)15(18)17(14)10-4-6-11(19-2)7-5-10/h3-8,13-14H,16H2,1-2H3/t13-,14+/m1/s1. The van der Waals surface area contributed by atoms with Crippen molar-refractivity contribution in [1.29, 1.82) is 0 Å². The van der Waals surface area contributed by atoms with Crippen LogP contribution in [0.1, 0.15) is 17.6 Å². The van der Waals surface area contributed by atoms with Crippen LogP contribution < -0.4 is 15.4 Å². The van der Waals surface area contributed by atoms with E-state index in [-0.39, 0.29) is 11.9 Å². The van der Waals surface area contributed by atoms with Crippen LogP contribution in [0.15, 0.2) is 40.8 Å². The maximum absolute atomic E-state index is 12.0. The Morgan fingerprint density at radius 3 is 2.45 bits per heavy atom. The molecule has 0 unspecified atom stereocenters. The average Bonchev–Trinajstić information content (AvgIpc) is 2.89. The number of amides is 1. The van der Waals surface area contributed by atoms with Gasteiger partial charge in [0.15, 0.2) is 0 Å². The highest BCUT2D eigenvalue weighted by atomic mass is 16.5. The van der Waals surface area contributed by atoms with Gasteiger partial charge in [-0.05, 0) is 43.3 Å². The zero-order chi connectivity index (χ0) is 14.3. The quantitative estimate of drug-likeness (QED) is 0.868. The van der Waals surface area contributed by atoms with Crippen molar-refractivity contribution in [3.8, 4) is 5.75 Å². The number of ether oxygens (including phenoxy) is 1. The molecule has 2 atom stereocenters. The molecule has 1 aromatic heterocycles.